The Morgan fingerprint density at radius 1 is 1.07 bits per heavy atom. The van der Waals surface area contributed by atoms with Crippen LogP contribution in [0.15, 0.2) is 65.8 Å². The van der Waals surface area contributed by atoms with Gasteiger partial charge in [0.25, 0.3) is 0 Å². The van der Waals surface area contributed by atoms with Crippen LogP contribution in [0.2, 0.25) is 0 Å². The van der Waals surface area contributed by atoms with Crippen molar-refractivity contribution in [3.63, 3.8) is 0 Å². The molecule has 5 nitrogen and oxygen atoms in total. The Morgan fingerprint density at radius 3 is 2.48 bits per heavy atom. The minimum atomic E-state index is 0.0373. The summed E-state index contributed by atoms with van der Waals surface area (Å²) in [6.45, 7) is 5.09. The van der Waals surface area contributed by atoms with Gasteiger partial charge in [0.1, 0.15) is 5.75 Å². The summed E-state index contributed by atoms with van der Waals surface area (Å²) in [5, 5.41) is 0.617. The molecule has 3 rings (SSSR count). The van der Waals surface area contributed by atoms with Crippen LogP contribution < -0.4 is 4.74 Å². The largest absolute Gasteiger partial charge is 0.494 e. The van der Waals surface area contributed by atoms with Crippen molar-refractivity contribution in [3.05, 3.63) is 71.9 Å². The van der Waals surface area contributed by atoms with E-state index < -0.39 is 0 Å². The fraction of sp³-hybridized carbons (Fsp3) is 0.261. The number of carbonyl (C=O) groups is 1. The fourth-order valence-corrected chi connectivity index (χ4v) is 3.66. The van der Waals surface area contributed by atoms with Crippen LogP contribution in [0, 0.1) is 6.92 Å². The molecule has 29 heavy (non-hydrogen) atoms. The molecule has 150 valence electrons. The van der Waals surface area contributed by atoms with E-state index in [1.807, 2.05) is 81.6 Å². The van der Waals surface area contributed by atoms with E-state index in [-0.39, 0.29) is 5.91 Å². The lowest BCUT2D eigenvalue weighted by Crippen LogP contribution is -2.27. The highest BCUT2D eigenvalue weighted by Crippen LogP contribution is 2.22. The van der Waals surface area contributed by atoms with Gasteiger partial charge in [-0.15, -0.1) is 0 Å². The number of nitrogens with zero attached hydrogens (tertiary/aromatic N) is 3. The number of carbonyl (C=O) groups excluding carboxylic acids is 1. The first kappa shape index (κ1) is 20.9. The van der Waals surface area contributed by atoms with Crippen LogP contribution in [0.5, 0.6) is 5.75 Å². The average Bonchev–Trinajstić information content (AvgIpc) is 2.74. The Hall–Kier alpha value is -2.86. The molecule has 0 saturated carbocycles. The maximum absolute atomic E-state index is 12.6. The Bertz CT molecular complexity index is 946. The van der Waals surface area contributed by atoms with Crippen molar-refractivity contribution in [2.75, 3.05) is 19.4 Å². The zero-order chi connectivity index (χ0) is 20.6. The van der Waals surface area contributed by atoms with Crippen LogP contribution in [-0.4, -0.2) is 40.2 Å². The highest BCUT2D eigenvalue weighted by atomic mass is 32.2. The van der Waals surface area contributed by atoms with Crippen LogP contribution in [0.1, 0.15) is 18.2 Å². The van der Waals surface area contributed by atoms with Crippen LogP contribution >= 0.6 is 11.8 Å². The zero-order valence-electron chi connectivity index (χ0n) is 17.0. The van der Waals surface area contributed by atoms with Gasteiger partial charge in [-0.3, -0.25) is 4.79 Å². The second kappa shape index (κ2) is 10.1. The number of aryl methyl sites for hydroxylation is 1. The lowest BCUT2D eigenvalue weighted by atomic mass is 10.1. The molecule has 1 aromatic heterocycles. The molecule has 0 fully saturated rings. The molecule has 1 amide bonds. The second-order valence-corrected chi connectivity index (χ2v) is 7.60. The number of rotatable bonds is 8. The van der Waals surface area contributed by atoms with Crippen molar-refractivity contribution in [2.45, 2.75) is 25.5 Å². The summed E-state index contributed by atoms with van der Waals surface area (Å²) in [5.74, 6) is 1.17. The summed E-state index contributed by atoms with van der Waals surface area (Å²) >= 11 is 1.37. The maximum atomic E-state index is 12.6. The summed E-state index contributed by atoms with van der Waals surface area (Å²) in [5.41, 5.74) is 3.86. The number of benzene rings is 2. The van der Waals surface area contributed by atoms with Crippen LogP contribution in [0.4, 0.5) is 0 Å². The standard InChI is InChI=1S/C23H25N3O2S/c1-4-28-20-12-10-18(11-13-20)15-26(3)22(27)16-29-23-24-17(2)14-21(25-23)19-8-6-5-7-9-19/h5-14H,4,15-16H2,1-3H3. The third-order valence-corrected chi connectivity index (χ3v) is 5.14. The van der Waals surface area contributed by atoms with E-state index in [2.05, 4.69) is 9.97 Å². The topological polar surface area (TPSA) is 55.3 Å². The summed E-state index contributed by atoms with van der Waals surface area (Å²) < 4.78 is 5.45. The second-order valence-electron chi connectivity index (χ2n) is 6.66. The highest BCUT2D eigenvalue weighted by molar-refractivity contribution is 7.99. The number of hydrogen-bond donors (Lipinski definition) is 0. The van der Waals surface area contributed by atoms with Gasteiger partial charge in [0.05, 0.1) is 18.1 Å². The van der Waals surface area contributed by atoms with Crippen molar-refractivity contribution >= 4 is 17.7 Å². The number of ether oxygens (including phenoxy) is 1. The number of aromatic nitrogens is 2. The quantitative estimate of drug-likeness (QED) is 0.403. The van der Waals surface area contributed by atoms with Gasteiger partial charge in [-0.25, -0.2) is 9.97 Å². The first-order valence-corrected chi connectivity index (χ1v) is 10.5. The lowest BCUT2D eigenvalue weighted by Gasteiger charge is -2.17. The van der Waals surface area contributed by atoms with E-state index in [0.717, 1.165) is 28.3 Å². The predicted molar refractivity (Wildman–Crippen MR) is 117 cm³/mol. The molecule has 0 saturated heterocycles. The van der Waals surface area contributed by atoms with Gasteiger partial charge < -0.3 is 9.64 Å². The summed E-state index contributed by atoms with van der Waals surface area (Å²) in [6, 6.07) is 19.8. The van der Waals surface area contributed by atoms with Gasteiger partial charge in [0.2, 0.25) is 5.91 Å². The summed E-state index contributed by atoms with van der Waals surface area (Å²) in [4.78, 5) is 23.4. The van der Waals surface area contributed by atoms with Gasteiger partial charge in [-0.1, -0.05) is 54.2 Å². The molecule has 1 heterocycles. The van der Waals surface area contributed by atoms with Gasteiger partial charge in [0.15, 0.2) is 5.16 Å². The molecule has 3 aromatic rings. The fourth-order valence-electron chi connectivity index (χ4n) is 2.82. The molecule has 0 aliphatic rings. The number of hydrogen-bond acceptors (Lipinski definition) is 5. The van der Waals surface area contributed by atoms with Gasteiger partial charge >= 0.3 is 0 Å². The number of thioether (sulfide) groups is 1. The highest BCUT2D eigenvalue weighted by Gasteiger charge is 2.12. The molecule has 0 unspecified atom stereocenters. The molecule has 0 radical (unpaired) electrons. The van der Waals surface area contributed by atoms with Gasteiger partial charge in [-0.2, -0.15) is 0 Å². The molecule has 0 N–H and O–H groups in total. The summed E-state index contributed by atoms with van der Waals surface area (Å²) in [7, 11) is 1.81. The van der Waals surface area contributed by atoms with Crippen molar-refractivity contribution in [3.8, 4) is 17.0 Å². The molecule has 0 aliphatic carbocycles. The Balaban J connectivity index is 1.59. The molecular weight excluding hydrogens is 382 g/mol. The van der Waals surface area contributed by atoms with Crippen LogP contribution in [0.3, 0.4) is 0 Å². The molecule has 6 heteroatoms. The van der Waals surface area contributed by atoms with E-state index in [1.165, 1.54) is 11.8 Å². The number of amides is 1. The molecule has 2 aromatic carbocycles. The molecule has 0 atom stereocenters. The van der Waals surface area contributed by atoms with Crippen molar-refractivity contribution in [1.29, 1.82) is 0 Å². The maximum Gasteiger partial charge on any atom is 0.233 e. The lowest BCUT2D eigenvalue weighted by molar-refractivity contribution is -0.127. The van der Waals surface area contributed by atoms with E-state index in [1.54, 1.807) is 4.90 Å². The monoisotopic (exact) mass is 407 g/mol. The van der Waals surface area contributed by atoms with Crippen LogP contribution in [0.25, 0.3) is 11.3 Å². The van der Waals surface area contributed by atoms with Crippen molar-refractivity contribution < 1.29 is 9.53 Å². The first-order valence-electron chi connectivity index (χ1n) is 9.54. The third kappa shape index (κ3) is 6.06. The van der Waals surface area contributed by atoms with Gasteiger partial charge in [-0.05, 0) is 37.6 Å². The van der Waals surface area contributed by atoms with E-state index in [9.17, 15) is 4.79 Å². The molecular formula is C23H25N3O2S. The average molecular weight is 408 g/mol. The van der Waals surface area contributed by atoms with E-state index in [0.29, 0.717) is 24.1 Å². The first-order chi connectivity index (χ1) is 14.0. The van der Waals surface area contributed by atoms with E-state index >= 15 is 0 Å². The Morgan fingerprint density at radius 2 is 1.79 bits per heavy atom. The normalized spacial score (nSPS) is 10.6. The zero-order valence-corrected chi connectivity index (χ0v) is 17.8. The Labute approximate surface area is 176 Å². The van der Waals surface area contributed by atoms with Crippen molar-refractivity contribution in [2.24, 2.45) is 0 Å². The Kier molecular flexibility index (Phi) is 7.25. The molecule has 0 bridgehead atoms. The predicted octanol–water partition coefficient (Wildman–Crippen LogP) is 4.60. The summed E-state index contributed by atoms with van der Waals surface area (Å²) in [6.07, 6.45) is 0. The smallest absolute Gasteiger partial charge is 0.233 e. The van der Waals surface area contributed by atoms with Crippen LogP contribution in [-0.2, 0) is 11.3 Å². The minimum absolute atomic E-state index is 0.0373. The van der Waals surface area contributed by atoms with Gasteiger partial charge in [0, 0.05) is 24.8 Å². The minimum Gasteiger partial charge on any atom is -0.494 e. The SMILES string of the molecule is CCOc1ccc(CN(C)C(=O)CSc2nc(C)cc(-c3ccccc3)n2)cc1. The third-order valence-electron chi connectivity index (χ3n) is 4.31. The van der Waals surface area contributed by atoms with E-state index in [4.69, 9.17) is 4.74 Å². The van der Waals surface area contributed by atoms with Crippen molar-refractivity contribution in [1.82, 2.24) is 14.9 Å². The molecule has 0 spiro atoms. The molecule has 0 aliphatic heterocycles.